The molecule has 0 aliphatic heterocycles. The molecule has 0 bridgehead atoms. The summed E-state index contributed by atoms with van der Waals surface area (Å²) < 4.78 is 42.6. The van der Waals surface area contributed by atoms with Gasteiger partial charge in [0.2, 0.25) is 0 Å². The molecule has 0 radical (unpaired) electrons. The van der Waals surface area contributed by atoms with Crippen LogP contribution in [0.25, 0.3) is 0 Å². The third kappa shape index (κ3) is 27.5. The number of alkyl halides is 1. The smallest absolute Gasteiger partial charge is 0.305 e. The summed E-state index contributed by atoms with van der Waals surface area (Å²) in [4.78, 5) is 11.4. The van der Waals surface area contributed by atoms with Crippen LogP contribution in [0.15, 0.2) is 0 Å². The molecule has 0 saturated heterocycles. The average molecular weight is 487 g/mol. The Morgan fingerprint density at radius 2 is 0.875 bits per heavy atom. The lowest BCUT2D eigenvalue weighted by Crippen LogP contribution is -2.15. The fraction of sp³-hybridized carbons (Fsp3) is 0.955. The lowest BCUT2D eigenvalue weighted by atomic mass is 10.2. The maximum Gasteiger partial charge on any atom is 0.305 e. The second kappa shape index (κ2) is 28.5. The maximum absolute atomic E-state index is 11.4. The van der Waals surface area contributed by atoms with Gasteiger partial charge in [0, 0.05) is 12.3 Å². The molecule has 0 saturated carbocycles. The zero-order valence-electron chi connectivity index (χ0n) is 19.7. The third-order valence-corrected chi connectivity index (χ3v) is 4.08. The zero-order valence-corrected chi connectivity index (χ0v) is 20.5. The lowest BCUT2D eigenvalue weighted by molar-refractivity contribution is -0.145. The largest absolute Gasteiger partial charge is 0.463 e. The number of halogens is 1. The van der Waals surface area contributed by atoms with Crippen molar-refractivity contribution in [3.8, 4) is 0 Å². The Kier molecular flexibility index (Phi) is 28.0. The Morgan fingerprint density at radius 3 is 1.22 bits per heavy atom. The van der Waals surface area contributed by atoms with E-state index in [-0.39, 0.29) is 12.6 Å². The average Bonchev–Trinajstić information content (AvgIpc) is 2.79. The van der Waals surface area contributed by atoms with E-state index in [1.807, 2.05) is 0 Å². The van der Waals surface area contributed by atoms with E-state index in [1.54, 1.807) is 0 Å². The first-order valence-corrected chi connectivity index (χ1v) is 12.1. The van der Waals surface area contributed by atoms with Gasteiger partial charge >= 0.3 is 5.97 Å². The minimum Gasteiger partial charge on any atom is -0.463 e. The Balaban J connectivity index is 3.06. The minimum absolute atomic E-state index is 0.155. The second-order valence-corrected chi connectivity index (χ2v) is 7.03. The molecule has 0 N–H and O–H groups in total. The molecule has 0 rings (SSSR count). The van der Waals surface area contributed by atoms with Crippen LogP contribution in [-0.4, -0.2) is 111 Å². The van der Waals surface area contributed by atoms with Crippen LogP contribution in [0, 0.1) is 0 Å². The van der Waals surface area contributed by atoms with Gasteiger partial charge < -0.3 is 37.9 Å². The predicted octanol–water partition coefficient (Wildman–Crippen LogP) is 2.46. The normalized spacial score (nSPS) is 11.2. The standard InChI is InChI=1S/C22H43ClO9/c1-2-3-4-5-22(24)32-21-20-31-19-18-30-17-16-29-15-14-28-13-12-27-11-10-26-9-8-25-7-6-23/h2-21H2,1H3. The summed E-state index contributed by atoms with van der Waals surface area (Å²) >= 11 is 5.49. The molecule has 0 aliphatic rings. The number of carbonyl (C=O) groups excluding carboxylic acids is 1. The van der Waals surface area contributed by atoms with E-state index < -0.39 is 0 Å². The fourth-order valence-electron chi connectivity index (χ4n) is 2.28. The zero-order chi connectivity index (χ0) is 23.4. The summed E-state index contributed by atoms with van der Waals surface area (Å²) in [6, 6.07) is 0. The highest BCUT2D eigenvalue weighted by Gasteiger charge is 2.01. The first-order valence-electron chi connectivity index (χ1n) is 11.6. The van der Waals surface area contributed by atoms with Crippen LogP contribution in [0.2, 0.25) is 0 Å². The molecule has 32 heavy (non-hydrogen) atoms. The van der Waals surface area contributed by atoms with Crippen LogP contribution < -0.4 is 0 Å². The molecular weight excluding hydrogens is 444 g/mol. The van der Waals surface area contributed by atoms with Crippen molar-refractivity contribution in [2.24, 2.45) is 0 Å². The van der Waals surface area contributed by atoms with Gasteiger partial charge in [-0.25, -0.2) is 0 Å². The van der Waals surface area contributed by atoms with E-state index in [0.717, 1.165) is 19.3 Å². The van der Waals surface area contributed by atoms with Crippen molar-refractivity contribution < 1.29 is 42.7 Å². The van der Waals surface area contributed by atoms with Crippen molar-refractivity contribution in [2.45, 2.75) is 32.6 Å². The lowest BCUT2D eigenvalue weighted by Gasteiger charge is -2.08. The molecule has 0 atom stereocenters. The van der Waals surface area contributed by atoms with Crippen molar-refractivity contribution in [2.75, 3.05) is 105 Å². The second-order valence-electron chi connectivity index (χ2n) is 6.65. The van der Waals surface area contributed by atoms with E-state index in [2.05, 4.69) is 6.92 Å². The third-order valence-electron chi connectivity index (χ3n) is 3.93. The Bertz CT molecular complexity index is 375. The van der Waals surface area contributed by atoms with Gasteiger partial charge in [-0.2, -0.15) is 0 Å². The molecule has 10 heteroatoms. The van der Waals surface area contributed by atoms with Gasteiger partial charge in [-0.1, -0.05) is 19.8 Å². The maximum atomic E-state index is 11.4. The van der Waals surface area contributed by atoms with Crippen LogP contribution in [0.5, 0.6) is 0 Å². The summed E-state index contributed by atoms with van der Waals surface area (Å²) in [5, 5.41) is 0. The number of ether oxygens (including phenoxy) is 8. The van der Waals surface area contributed by atoms with Crippen LogP contribution in [0.3, 0.4) is 0 Å². The minimum atomic E-state index is -0.155. The monoisotopic (exact) mass is 486 g/mol. The van der Waals surface area contributed by atoms with Crippen LogP contribution >= 0.6 is 11.6 Å². The van der Waals surface area contributed by atoms with Crippen LogP contribution in [0.1, 0.15) is 32.6 Å². The van der Waals surface area contributed by atoms with Crippen molar-refractivity contribution in [1.82, 2.24) is 0 Å². The van der Waals surface area contributed by atoms with E-state index in [1.165, 1.54) is 0 Å². The highest BCUT2D eigenvalue weighted by atomic mass is 35.5. The van der Waals surface area contributed by atoms with Gasteiger partial charge in [0.25, 0.3) is 0 Å². The SMILES string of the molecule is CCCCCC(=O)OCCOCCOCCOCCOCCOCCOCCOCCCl. The molecule has 0 spiro atoms. The highest BCUT2D eigenvalue weighted by molar-refractivity contribution is 6.17. The quantitative estimate of drug-likeness (QED) is 0.0985. The number of hydrogen-bond acceptors (Lipinski definition) is 9. The van der Waals surface area contributed by atoms with Crippen molar-refractivity contribution in [1.29, 1.82) is 0 Å². The summed E-state index contributed by atoms with van der Waals surface area (Å²) in [5.41, 5.74) is 0. The summed E-state index contributed by atoms with van der Waals surface area (Å²) in [5.74, 6) is 0.344. The van der Waals surface area contributed by atoms with Crippen molar-refractivity contribution in [3.05, 3.63) is 0 Å². The first kappa shape index (κ1) is 31.5. The van der Waals surface area contributed by atoms with Crippen LogP contribution in [0.4, 0.5) is 0 Å². The van der Waals surface area contributed by atoms with E-state index in [4.69, 9.17) is 49.5 Å². The van der Waals surface area contributed by atoms with Crippen molar-refractivity contribution >= 4 is 17.6 Å². The number of unbranched alkanes of at least 4 members (excludes halogenated alkanes) is 2. The molecule has 0 aromatic rings. The molecule has 0 aromatic heterocycles. The summed E-state index contributed by atoms with van der Waals surface area (Å²) in [7, 11) is 0. The molecular formula is C22H43ClO9. The fourth-order valence-corrected chi connectivity index (χ4v) is 2.39. The number of rotatable bonds is 27. The van der Waals surface area contributed by atoms with Gasteiger partial charge in [0.15, 0.2) is 0 Å². The van der Waals surface area contributed by atoms with E-state index in [9.17, 15) is 4.79 Å². The summed E-state index contributed by atoms with van der Waals surface area (Å²) in [6.07, 6.45) is 3.52. The highest BCUT2D eigenvalue weighted by Crippen LogP contribution is 2.00. The van der Waals surface area contributed by atoms with Gasteiger partial charge in [0.1, 0.15) is 6.61 Å². The Labute approximate surface area is 198 Å². The Morgan fingerprint density at radius 1 is 0.531 bits per heavy atom. The summed E-state index contributed by atoms with van der Waals surface area (Å²) in [6.45, 7) is 9.47. The van der Waals surface area contributed by atoms with Crippen LogP contribution in [-0.2, 0) is 42.7 Å². The van der Waals surface area contributed by atoms with Gasteiger partial charge in [-0.15, -0.1) is 11.6 Å². The topological polar surface area (TPSA) is 90.9 Å². The number of hydrogen-bond donors (Lipinski definition) is 0. The molecule has 9 nitrogen and oxygen atoms in total. The molecule has 0 amide bonds. The molecule has 0 aliphatic carbocycles. The Hall–Kier alpha value is -0.520. The van der Waals surface area contributed by atoms with E-state index >= 15 is 0 Å². The predicted molar refractivity (Wildman–Crippen MR) is 122 cm³/mol. The van der Waals surface area contributed by atoms with Crippen molar-refractivity contribution in [3.63, 3.8) is 0 Å². The molecule has 0 fully saturated rings. The molecule has 192 valence electrons. The van der Waals surface area contributed by atoms with E-state index in [0.29, 0.717) is 105 Å². The van der Waals surface area contributed by atoms with Gasteiger partial charge in [0.05, 0.1) is 92.5 Å². The van der Waals surface area contributed by atoms with Gasteiger partial charge in [-0.05, 0) is 6.42 Å². The molecule has 0 aromatic carbocycles. The molecule has 0 unspecified atom stereocenters. The number of carbonyl (C=O) groups is 1. The van der Waals surface area contributed by atoms with Gasteiger partial charge in [-0.3, -0.25) is 4.79 Å². The molecule has 0 heterocycles. The number of esters is 1. The first-order chi connectivity index (χ1) is 15.8.